The molecule has 0 aliphatic heterocycles. The number of nitrogens with two attached hydrogens (primary N) is 1. The van der Waals surface area contributed by atoms with E-state index in [-0.39, 0.29) is 5.82 Å². The van der Waals surface area contributed by atoms with Crippen LogP contribution in [-0.4, -0.2) is 6.54 Å². The summed E-state index contributed by atoms with van der Waals surface area (Å²) in [6.45, 7) is 2.54. The molecule has 1 aromatic heterocycles. The number of rotatable bonds is 3. The Bertz CT molecular complexity index is 543. The van der Waals surface area contributed by atoms with Crippen molar-refractivity contribution in [3.8, 4) is 10.4 Å². The second kappa shape index (κ2) is 5.25. The molecular weight excluding hydrogens is 233 g/mol. The lowest BCUT2D eigenvalue weighted by Gasteiger charge is -1.98. The highest BCUT2D eigenvalue weighted by molar-refractivity contribution is 7.16. The van der Waals surface area contributed by atoms with Crippen molar-refractivity contribution >= 4 is 17.4 Å². The smallest absolute Gasteiger partial charge is 0.131 e. The van der Waals surface area contributed by atoms with Crippen molar-refractivity contribution in [3.05, 3.63) is 52.7 Å². The van der Waals surface area contributed by atoms with E-state index in [0.29, 0.717) is 12.1 Å². The molecule has 0 unspecified atom stereocenters. The number of halogens is 1. The molecule has 0 fully saturated rings. The molecule has 0 saturated carbocycles. The van der Waals surface area contributed by atoms with Crippen LogP contribution in [0.1, 0.15) is 11.8 Å². The molecular formula is C14H14FNS. The minimum atomic E-state index is -0.180. The molecule has 88 valence electrons. The number of benzene rings is 1. The maximum atomic E-state index is 13.6. The SMILES string of the molecule is CC(=Cc1ccc(-c2ccccc2F)s1)CN. The summed E-state index contributed by atoms with van der Waals surface area (Å²) in [4.78, 5) is 2.05. The van der Waals surface area contributed by atoms with E-state index >= 15 is 0 Å². The first-order valence-corrected chi connectivity index (χ1v) is 6.24. The van der Waals surface area contributed by atoms with Gasteiger partial charge >= 0.3 is 0 Å². The lowest BCUT2D eigenvalue weighted by molar-refractivity contribution is 0.631. The lowest BCUT2D eigenvalue weighted by atomic mass is 10.2. The molecule has 3 heteroatoms. The van der Waals surface area contributed by atoms with Gasteiger partial charge in [-0.05, 0) is 31.2 Å². The van der Waals surface area contributed by atoms with Crippen molar-refractivity contribution in [3.63, 3.8) is 0 Å². The van der Waals surface area contributed by atoms with Crippen molar-refractivity contribution in [1.29, 1.82) is 0 Å². The molecule has 2 aromatic rings. The fraction of sp³-hybridized carbons (Fsp3) is 0.143. The van der Waals surface area contributed by atoms with Crippen molar-refractivity contribution in [2.45, 2.75) is 6.92 Å². The maximum absolute atomic E-state index is 13.6. The topological polar surface area (TPSA) is 26.0 Å². The molecule has 0 saturated heterocycles. The van der Waals surface area contributed by atoms with Crippen molar-refractivity contribution < 1.29 is 4.39 Å². The lowest BCUT2D eigenvalue weighted by Crippen LogP contribution is -1.98. The van der Waals surface area contributed by atoms with Crippen LogP contribution in [0.15, 0.2) is 42.0 Å². The zero-order valence-corrected chi connectivity index (χ0v) is 10.4. The number of hydrogen-bond acceptors (Lipinski definition) is 2. The molecule has 0 aliphatic rings. The molecule has 0 amide bonds. The van der Waals surface area contributed by atoms with Crippen LogP contribution in [0, 0.1) is 5.82 Å². The Labute approximate surface area is 104 Å². The molecule has 0 aliphatic carbocycles. The Hall–Kier alpha value is -1.45. The summed E-state index contributed by atoms with van der Waals surface area (Å²) in [5, 5.41) is 0. The van der Waals surface area contributed by atoms with Crippen molar-refractivity contribution in [2.75, 3.05) is 6.54 Å². The monoisotopic (exact) mass is 247 g/mol. The van der Waals surface area contributed by atoms with Crippen molar-refractivity contribution in [2.24, 2.45) is 5.73 Å². The second-order valence-corrected chi connectivity index (χ2v) is 4.99. The summed E-state index contributed by atoms with van der Waals surface area (Å²) in [6.07, 6.45) is 2.04. The minimum Gasteiger partial charge on any atom is -0.327 e. The van der Waals surface area contributed by atoms with Gasteiger partial charge in [0, 0.05) is 21.9 Å². The van der Waals surface area contributed by atoms with E-state index in [4.69, 9.17) is 5.73 Å². The van der Waals surface area contributed by atoms with Gasteiger partial charge in [0.05, 0.1) is 0 Å². The number of thiophene rings is 1. The van der Waals surface area contributed by atoms with E-state index in [9.17, 15) is 4.39 Å². The molecule has 1 heterocycles. The van der Waals surface area contributed by atoms with E-state index in [1.807, 2.05) is 31.2 Å². The molecule has 1 nitrogen and oxygen atoms in total. The first-order valence-electron chi connectivity index (χ1n) is 5.42. The quantitative estimate of drug-likeness (QED) is 0.874. The largest absolute Gasteiger partial charge is 0.327 e. The fourth-order valence-corrected chi connectivity index (χ4v) is 2.60. The van der Waals surface area contributed by atoms with Crippen LogP contribution >= 0.6 is 11.3 Å². The Morgan fingerprint density at radius 3 is 2.76 bits per heavy atom. The van der Waals surface area contributed by atoms with Gasteiger partial charge in [0.15, 0.2) is 0 Å². The van der Waals surface area contributed by atoms with E-state index in [2.05, 4.69) is 0 Å². The first-order chi connectivity index (χ1) is 8.20. The standard InChI is InChI=1S/C14H14FNS/c1-10(9-16)8-11-6-7-14(17-11)12-4-2-3-5-13(12)15/h2-8H,9,16H2,1H3. The van der Waals surface area contributed by atoms with Gasteiger partial charge in [-0.3, -0.25) is 0 Å². The van der Waals surface area contributed by atoms with Crippen LogP contribution in [0.2, 0.25) is 0 Å². The van der Waals surface area contributed by atoms with Crippen LogP contribution < -0.4 is 5.73 Å². The van der Waals surface area contributed by atoms with E-state index in [0.717, 1.165) is 15.3 Å². The van der Waals surface area contributed by atoms with Crippen LogP contribution in [0.5, 0.6) is 0 Å². The number of hydrogen-bond donors (Lipinski definition) is 1. The van der Waals surface area contributed by atoms with Crippen molar-refractivity contribution in [1.82, 2.24) is 0 Å². The molecule has 2 N–H and O–H groups in total. The van der Waals surface area contributed by atoms with Gasteiger partial charge in [0.25, 0.3) is 0 Å². The van der Waals surface area contributed by atoms with Gasteiger partial charge in [0.2, 0.25) is 0 Å². The molecule has 0 atom stereocenters. The first kappa shape index (κ1) is 12.0. The summed E-state index contributed by atoms with van der Waals surface area (Å²) in [6, 6.07) is 10.8. The molecule has 0 spiro atoms. The summed E-state index contributed by atoms with van der Waals surface area (Å²) in [5.41, 5.74) is 7.31. The third-order valence-corrected chi connectivity index (χ3v) is 3.54. The molecule has 17 heavy (non-hydrogen) atoms. The third-order valence-electron chi connectivity index (χ3n) is 2.48. The van der Waals surface area contributed by atoms with Crippen LogP contribution in [0.3, 0.4) is 0 Å². The van der Waals surface area contributed by atoms with Gasteiger partial charge in [-0.1, -0.05) is 23.8 Å². The molecule has 1 aromatic carbocycles. The molecule has 2 rings (SSSR count). The summed E-state index contributed by atoms with van der Waals surface area (Å²) >= 11 is 1.57. The van der Waals surface area contributed by atoms with Gasteiger partial charge < -0.3 is 5.73 Å². The zero-order valence-electron chi connectivity index (χ0n) is 9.61. The Morgan fingerprint density at radius 1 is 1.29 bits per heavy atom. The Kier molecular flexibility index (Phi) is 3.71. The van der Waals surface area contributed by atoms with E-state index in [1.54, 1.807) is 23.5 Å². The third kappa shape index (κ3) is 2.81. The Morgan fingerprint density at radius 2 is 2.06 bits per heavy atom. The maximum Gasteiger partial charge on any atom is 0.131 e. The fourth-order valence-electron chi connectivity index (χ4n) is 1.54. The van der Waals surface area contributed by atoms with Crippen LogP contribution in [0.4, 0.5) is 4.39 Å². The summed E-state index contributed by atoms with van der Waals surface area (Å²) in [7, 11) is 0. The second-order valence-electron chi connectivity index (χ2n) is 3.88. The average molecular weight is 247 g/mol. The highest BCUT2D eigenvalue weighted by atomic mass is 32.1. The normalized spacial score (nSPS) is 11.8. The van der Waals surface area contributed by atoms with Gasteiger partial charge in [-0.25, -0.2) is 4.39 Å². The van der Waals surface area contributed by atoms with Gasteiger partial charge in [-0.2, -0.15) is 0 Å². The van der Waals surface area contributed by atoms with Crippen LogP contribution in [0.25, 0.3) is 16.5 Å². The predicted octanol–water partition coefficient (Wildman–Crippen LogP) is 3.92. The predicted molar refractivity (Wildman–Crippen MR) is 72.4 cm³/mol. The van der Waals surface area contributed by atoms with Gasteiger partial charge in [-0.15, -0.1) is 11.3 Å². The summed E-state index contributed by atoms with van der Waals surface area (Å²) in [5.74, 6) is -0.180. The summed E-state index contributed by atoms with van der Waals surface area (Å²) < 4.78 is 13.6. The molecule has 0 radical (unpaired) electrons. The van der Waals surface area contributed by atoms with Crippen LogP contribution in [-0.2, 0) is 0 Å². The average Bonchev–Trinajstić information content (AvgIpc) is 2.78. The van der Waals surface area contributed by atoms with Gasteiger partial charge in [0.1, 0.15) is 5.82 Å². The zero-order chi connectivity index (χ0) is 12.3. The van der Waals surface area contributed by atoms with E-state index in [1.165, 1.54) is 6.07 Å². The minimum absolute atomic E-state index is 0.180. The highest BCUT2D eigenvalue weighted by Crippen LogP contribution is 2.30. The highest BCUT2D eigenvalue weighted by Gasteiger charge is 2.06. The van der Waals surface area contributed by atoms with E-state index < -0.39 is 0 Å². The molecule has 0 bridgehead atoms. The Balaban J connectivity index is 2.34.